The van der Waals surface area contributed by atoms with Gasteiger partial charge in [0.25, 0.3) is 0 Å². The maximum atomic E-state index is 12.8. The van der Waals surface area contributed by atoms with E-state index in [0.717, 1.165) is 0 Å². The first-order chi connectivity index (χ1) is 9.47. The third kappa shape index (κ3) is 2.80. The predicted molar refractivity (Wildman–Crippen MR) is 76.5 cm³/mol. The fourth-order valence-electron chi connectivity index (χ4n) is 2.78. The van der Waals surface area contributed by atoms with Gasteiger partial charge in [0.2, 0.25) is 5.91 Å². The van der Waals surface area contributed by atoms with Gasteiger partial charge in [-0.25, -0.2) is 4.79 Å². The lowest BCUT2D eigenvalue weighted by molar-refractivity contribution is -0.151. The molecular weight excluding hydrogens is 280 g/mol. The lowest BCUT2D eigenvalue weighted by Crippen LogP contribution is -2.52. The summed E-state index contributed by atoms with van der Waals surface area (Å²) in [5, 5.41) is 12.4. The third-order valence-corrected chi connectivity index (χ3v) is 5.53. The molecule has 0 aromatic heterocycles. The average molecular weight is 302 g/mol. The number of carboxylic acids is 1. The number of hydrogen-bond acceptors (Lipinski definition) is 5. The minimum Gasteiger partial charge on any atom is -0.480 e. The van der Waals surface area contributed by atoms with E-state index < -0.39 is 12.0 Å². The van der Waals surface area contributed by atoms with Crippen molar-refractivity contribution >= 4 is 23.6 Å². The van der Waals surface area contributed by atoms with Crippen LogP contribution in [0.2, 0.25) is 0 Å². The summed E-state index contributed by atoms with van der Waals surface area (Å²) in [5.41, 5.74) is 0. The summed E-state index contributed by atoms with van der Waals surface area (Å²) in [5.74, 6) is -0.626. The number of hydrogen-bond donors (Lipinski definition) is 2. The van der Waals surface area contributed by atoms with Crippen LogP contribution >= 0.6 is 11.8 Å². The Morgan fingerprint density at radius 2 is 2.10 bits per heavy atom. The van der Waals surface area contributed by atoms with Crippen molar-refractivity contribution in [2.45, 2.75) is 31.3 Å². The van der Waals surface area contributed by atoms with Gasteiger partial charge >= 0.3 is 5.97 Å². The van der Waals surface area contributed by atoms with Crippen molar-refractivity contribution < 1.29 is 19.4 Å². The van der Waals surface area contributed by atoms with Gasteiger partial charge in [-0.3, -0.25) is 4.79 Å². The van der Waals surface area contributed by atoms with Crippen LogP contribution in [-0.2, 0) is 14.3 Å². The number of carboxylic acid groups (broad SMARTS) is 1. The van der Waals surface area contributed by atoms with Crippen molar-refractivity contribution in [3.63, 3.8) is 0 Å². The maximum absolute atomic E-state index is 12.8. The molecular formula is C13H22N2O4S. The van der Waals surface area contributed by atoms with E-state index in [4.69, 9.17) is 4.74 Å². The second-order valence-electron chi connectivity index (χ2n) is 5.61. The van der Waals surface area contributed by atoms with E-state index in [2.05, 4.69) is 5.32 Å². The van der Waals surface area contributed by atoms with Crippen molar-refractivity contribution in [1.29, 1.82) is 0 Å². The van der Waals surface area contributed by atoms with Crippen LogP contribution in [0.4, 0.5) is 0 Å². The Morgan fingerprint density at radius 3 is 2.65 bits per heavy atom. The van der Waals surface area contributed by atoms with Gasteiger partial charge in [-0.1, -0.05) is 13.8 Å². The topological polar surface area (TPSA) is 78.9 Å². The SMILES string of the molecule is CNC1COCC1C(=O)N1C(C(=O)O)CSC1C(C)C. The number of thioether (sulfide) groups is 1. The van der Waals surface area contributed by atoms with Crippen LogP contribution in [0.5, 0.6) is 0 Å². The second kappa shape index (κ2) is 6.32. The molecule has 2 aliphatic heterocycles. The highest BCUT2D eigenvalue weighted by atomic mass is 32.2. The van der Waals surface area contributed by atoms with Crippen molar-refractivity contribution in [3.8, 4) is 0 Å². The summed E-state index contributed by atoms with van der Waals surface area (Å²) in [6, 6.07) is -0.756. The number of rotatable bonds is 4. The minimum atomic E-state index is -0.922. The lowest BCUT2D eigenvalue weighted by Gasteiger charge is -2.32. The van der Waals surface area contributed by atoms with Gasteiger partial charge in [0.15, 0.2) is 0 Å². The van der Waals surface area contributed by atoms with E-state index in [1.165, 1.54) is 0 Å². The summed E-state index contributed by atoms with van der Waals surface area (Å²) < 4.78 is 5.37. The van der Waals surface area contributed by atoms with Gasteiger partial charge in [0, 0.05) is 11.8 Å². The highest BCUT2D eigenvalue weighted by molar-refractivity contribution is 8.00. The molecule has 0 bridgehead atoms. The molecule has 4 atom stereocenters. The number of nitrogens with one attached hydrogen (secondary N) is 1. The van der Waals surface area contributed by atoms with Gasteiger partial charge in [0.05, 0.1) is 24.5 Å². The first-order valence-electron chi connectivity index (χ1n) is 6.89. The maximum Gasteiger partial charge on any atom is 0.327 e. The quantitative estimate of drug-likeness (QED) is 0.774. The van der Waals surface area contributed by atoms with E-state index in [1.807, 2.05) is 13.8 Å². The van der Waals surface area contributed by atoms with Gasteiger partial charge in [-0.05, 0) is 13.0 Å². The molecule has 0 aliphatic carbocycles. The molecule has 7 heteroatoms. The molecule has 20 heavy (non-hydrogen) atoms. The Labute approximate surface area is 123 Å². The molecule has 1 amide bonds. The smallest absolute Gasteiger partial charge is 0.327 e. The van der Waals surface area contributed by atoms with E-state index in [1.54, 1.807) is 23.7 Å². The number of carbonyl (C=O) groups excluding carboxylic acids is 1. The minimum absolute atomic E-state index is 0.0321. The van der Waals surface area contributed by atoms with Gasteiger partial charge < -0.3 is 20.1 Å². The van der Waals surface area contributed by atoms with E-state index >= 15 is 0 Å². The molecule has 114 valence electrons. The molecule has 4 unspecified atom stereocenters. The number of likely N-dealkylation sites (N-methyl/N-ethyl adjacent to an activating group) is 1. The van der Waals surface area contributed by atoms with Crippen molar-refractivity contribution in [1.82, 2.24) is 10.2 Å². The first-order valence-corrected chi connectivity index (χ1v) is 7.93. The van der Waals surface area contributed by atoms with E-state index in [-0.39, 0.29) is 29.2 Å². The highest BCUT2D eigenvalue weighted by Gasteiger charge is 2.47. The molecule has 2 aliphatic rings. The summed E-state index contributed by atoms with van der Waals surface area (Å²) in [4.78, 5) is 25.7. The van der Waals surface area contributed by atoms with Crippen molar-refractivity contribution in [3.05, 3.63) is 0 Å². The molecule has 2 heterocycles. The van der Waals surface area contributed by atoms with Crippen LogP contribution in [0.3, 0.4) is 0 Å². The summed E-state index contributed by atoms with van der Waals surface area (Å²) in [6.07, 6.45) is 0. The zero-order chi connectivity index (χ0) is 14.9. The van der Waals surface area contributed by atoms with Gasteiger partial charge in [0.1, 0.15) is 6.04 Å². The van der Waals surface area contributed by atoms with Crippen LogP contribution in [0.1, 0.15) is 13.8 Å². The molecule has 6 nitrogen and oxygen atoms in total. The second-order valence-corrected chi connectivity index (χ2v) is 6.76. The zero-order valence-corrected chi connectivity index (χ0v) is 12.9. The van der Waals surface area contributed by atoms with Crippen LogP contribution in [0, 0.1) is 11.8 Å². The molecule has 2 rings (SSSR count). The van der Waals surface area contributed by atoms with Crippen LogP contribution in [0.15, 0.2) is 0 Å². The van der Waals surface area contributed by atoms with Crippen molar-refractivity contribution in [2.75, 3.05) is 26.0 Å². The standard InChI is InChI=1S/C13H22N2O4S/c1-7(2)12-15(10(6-20-12)13(17)18)11(16)8-4-19-5-9(8)14-3/h7-10,12,14H,4-6H2,1-3H3,(H,17,18). The Balaban J connectivity index is 2.20. The number of nitrogens with zero attached hydrogens (tertiary/aromatic N) is 1. The molecule has 2 fully saturated rings. The summed E-state index contributed by atoms with van der Waals surface area (Å²) in [6.45, 7) is 4.90. The lowest BCUT2D eigenvalue weighted by atomic mass is 10.00. The fourth-order valence-corrected chi connectivity index (χ4v) is 4.26. The van der Waals surface area contributed by atoms with Gasteiger partial charge in [-0.2, -0.15) is 0 Å². The van der Waals surface area contributed by atoms with Crippen LogP contribution in [-0.4, -0.2) is 65.4 Å². The molecule has 0 radical (unpaired) electrons. The Morgan fingerprint density at radius 1 is 1.40 bits per heavy atom. The summed E-state index contributed by atoms with van der Waals surface area (Å²) in [7, 11) is 1.80. The number of amides is 1. The Kier molecular flexibility index (Phi) is 4.93. The Hall–Kier alpha value is -0.790. The largest absolute Gasteiger partial charge is 0.480 e. The van der Waals surface area contributed by atoms with Crippen LogP contribution < -0.4 is 5.32 Å². The summed E-state index contributed by atoms with van der Waals surface area (Å²) >= 11 is 1.55. The highest BCUT2D eigenvalue weighted by Crippen LogP contribution is 2.36. The molecule has 0 aromatic rings. The molecule has 0 spiro atoms. The monoisotopic (exact) mass is 302 g/mol. The fraction of sp³-hybridized carbons (Fsp3) is 0.846. The number of ether oxygens (including phenoxy) is 1. The van der Waals surface area contributed by atoms with Crippen molar-refractivity contribution in [2.24, 2.45) is 11.8 Å². The predicted octanol–water partition coefficient (Wildman–Crippen LogP) is 0.232. The molecule has 2 N–H and O–H groups in total. The van der Waals surface area contributed by atoms with E-state index in [0.29, 0.717) is 19.0 Å². The molecule has 0 aromatic carbocycles. The van der Waals surface area contributed by atoms with E-state index in [9.17, 15) is 14.7 Å². The first kappa shape index (κ1) is 15.6. The zero-order valence-electron chi connectivity index (χ0n) is 12.0. The normalized spacial score (nSPS) is 33.9. The molecule has 0 saturated carbocycles. The van der Waals surface area contributed by atoms with Crippen LogP contribution in [0.25, 0.3) is 0 Å². The molecule has 2 saturated heterocycles. The third-order valence-electron chi connectivity index (χ3n) is 3.91. The number of aliphatic carboxylic acids is 1. The Bertz CT molecular complexity index is 391. The average Bonchev–Trinajstić information content (AvgIpc) is 3.03. The van der Waals surface area contributed by atoms with Gasteiger partial charge in [-0.15, -0.1) is 11.8 Å². The number of carbonyl (C=O) groups is 2.